The second-order valence-electron chi connectivity index (χ2n) is 3.25. The predicted octanol–water partition coefficient (Wildman–Crippen LogP) is 1.23. The van der Waals surface area contributed by atoms with Crippen LogP contribution in [0.25, 0.3) is 0 Å². The van der Waals surface area contributed by atoms with Crippen LogP contribution in [0.3, 0.4) is 0 Å². The van der Waals surface area contributed by atoms with Gasteiger partial charge < -0.3 is 10.4 Å². The summed E-state index contributed by atoms with van der Waals surface area (Å²) < 4.78 is 0. The fourth-order valence-corrected chi connectivity index (χ4v) is 1.63. The molecule has 0 saturated carbocycles. The van der Waals surface area contributed by atoms with E-state index in [9.17, 15) is 4.79 Å². The summed E-state index contributed by atoms with van der Waals surface area (Å²) in [6, 6.07) is 0. The quantitative estimate of drug-likeness (QED) is 0.702. The summed E-state index contributed by atoms with van der Waals surface area (Å²) >= 11 is 0. The van der Waals surface area contributed by atoms with Crippen LogP contribution in [0.15, 0.2) is 47.7 Å². The maximum absolute atomic E-state index is 10.4. The van der Waals surface area contributed by atoms with Crippen molar-refractivity contribution in [2.24, 2.45) is 5.92 Å². The van der Waals surface area contributed by atoms with Gasteiger partial charge in [0.25, 0.3) is 0 Å². The minimum Gasteiger partial charge on any atom is -0.480 e. The highest BCUT2D eigenvalue weighted by Gasteiger charge is 2.18. The Balaban J connectivity index is 2.08. The maximum atomic E-state index is 10.4. The number of hydrogen-bond donors (Lipinski definition) is 2. The van der Waals surface area contributed by atoms with Gasteiger partial charge >= 0.3 is 5.97 Å². The summed E-state index contributed by atoms with van der Waals surface area (Å²) in [5, 5.41) is 11.4. The van der Waals surface area contributed by atoms with Gasteiger partial charge in [0.05, 0.1) is 0 Å². The Morgan fingerprint density at radius 2 is 2.07 bits per heavy atom. The Hall–Kier alpha value is -1.77. The van der Waals surface area contributed by atoms with Gasteiger partial charge in [-0.25, -0.2) is 0 Å². The minimum absolute atomic E-state index is 0.0380. The number of carboxylic acid groups (broad SMARTS) is 1. The van der Waals surface area contributed by atoms with Crippen LogP contribution >= 0.6 is 0 Å². The van der Waals surface area contributed by atoms with Crippen molar-refractivity contribution < 1.29 is 9.90 Å². The zero-order chi connectivity index (χ0) is 9.97. The van der Waals surface area contributed by atoms with E-state index in [1.807, 2.05) is 24.3 Å². The average molecular weight is 189 g/mol. The molecule has 0 aromatic heterocycles. The molecular weight excluding hydrogens is 178 g/mol. The standard InChI is InChI=1S/C11H11NO2/c13-11(14)7-12-10-6-2-4-8-3-1-5-9(8)10/h1-6,8,12H,7H2,(H,13,14). The Kier molecular flexibility index (Phi) is 2.23. The van der Waals surface area contributed by atoms with E-state index in [0.29, 0.717) is 5.92 Å². The molecule has 0 radical (unpaired) electrons. The zero-order valence-electron chi connectivity index (χ0n) is 7.60. The summed E-state index contributed by atoms with van der Waals surface area (Å²) in [6.45, 7) is -0.0380. The monoisotopic (exact) mass is 189 g/mol. The fourth-order valence-electron chi connectivity index (χ4n) is 1.63. The first-order valence-corrected chi connectivity index (χ1v) is 4.50. The highest BCUT2D eigenvalue weighted by atomic mass is 16.4. The van der Waals surface area contributed by atoms with Crippen molar-refractivity contribution in [3.8, 4) is 0 Å². The molecule has 0 aromatic rings. The van der Waals surface area contributed by atoms with Gasteiger partial charge in [0, 0.05) is 11.6 Å². The molecule has 2 rings (SSSR count). The van der Waals surface area contributed by atoms with Crippen LogP contribution in [-0.4, -0.2) is 17.6 Å². The molecule has 0 amide bonds. The van der Waals surface area contributed by atoms with Gasteiger partial charge in [-0.1, -0.05) is 30.4 Å². The van der Waals surface area contributed by atoms with Gasteiger partial charge in [-0.2, -0.15) is 0 Å². The summed E-state index contributed by atoms with van der Waals surface area (Å²) in [7, 11) is 0. The van der Waals surface area contributed by atoms with Crippen molar-refractivity contribution in [3.63, 3.8) is 0 Å². The molecule has 72 valence electrons. The van der Waals surface area contributed by atoms with E-state index in [4.69, 9.17) is 5.11 Å². The molecule has 0 aromatic carbocycles. The van der Waals surface area contributed by atoms with Crippen molar-refractivity contribution in [3.05, 3.63) is 47.7 Å². The number of carboxylic acids is 1. The summed E-state index contributed by atoms with van der Waals surface area (Å²) in [6.07, 6.45) is 12.0. The van der Waals surface area contributed by atoms with Crippen molar-refractivity contribution in [1.29, 1.82) is 0 Å². The third-order valence-corrected chi connectivity index (χ3v) is 2.28. The first-order valence-electron chi connectivity index (χ1n) is 4.50. The summed E-state index contributed by atoms with van der Waals surface area (Å²) in [5.41, 5.74) is 2.05. The Morgan fingerprint density at radius 3 is 2.79 bits per heavy atom. The lowest BCUT2D eigenvalue weighted by atomic mass is 9.95. The van der Waals surface area contributed by atoms with Gasteiger partial charge in [-0.05, 0) is 11.6 Å². The molecular formula is C11H11NO2. The van der Waals surface area contributed by atoms with Crippen molar-refractivity contribution in [1.82, 2.24) is 5.32 Å². The van der Waals surface area contributed by atoms with E-state index in [1.165, 1.54) is 0 Å². The molecule has 3 nitrogen and oxygen atoms in total. The second-order valence-corrected chi connectivity index (χ2v) is 3.25. The average Bonchev–Trinajstić information content (AvgIpc) is 2.62. The Bertz CT molecular complexity index is 375. The first-order chi connectivity index (χ1) is 6.77. The molecule has 0 bridgehead atoms. The zero-order valence-corrected chi connectivity index (χ0v) is 7.60. The number of nitrogens with one attached hydrogen (secondary N) is 1. The van der Waals surface area contributed by atoms with E-state index in [0.717, 1.165) is 11.3 Å². The third kappa shape index (κ3) is 1.62. The third-order valence-electron chi connectivity index (χ3n) is 2.28. The smallest absolute Gasteiger partial charge is 0.322 e. The number of allylic oxidation sites excluding steroid dienone is 7. The molecule has 0 saturated heterocycles. The van der Waals surface area contributed by atoms with Gasteiger partial charge in [0.1, 0.15) is 6.54 Å². The van der Waals surface area contributed by atoms with Crippen molar-refractivity contribution in [2.75, 3.05) is 6.54 Å². The molecule has 0 fully saturated rings. The number of rotatable bonds is 3. The molecule has 14 heavy (non-hydrogen) atoms. The summed E-state index contributed by atoms with van der Waals surface area (Å²) in [4.78, 5) is 10.4. The van der Waals surface area contributed by atoms with E-state index < -0.39 is 5.97 Å². The van der Waals surface area contributed by atoms with Gasteiger partial charge in [0.15, 0.2) is 0 Å². The first kappa shape index (κ1) is 8.81. The molecule has 2 N–H and O–H groups in total. The highest BCUT2D eigenvalue weighted by Crippen LogP contribution is 2.28. The second kappa shape index (κ2) is 3.54. The largest absolute Gasteiger partial charge is 0.480 e. The summed E-state index contributed by atoms with van der Waals surface area (Å²) in [5.74, 6) is -0.528. The highest BCUT2D eigenvalue weighted by molar-refractivity contribution is 5.69. The maximum Gasteiger partial charge on any atom is 0.322 e. The lowest BCUT2D eigenvalue weighted by molar-refractivity contribution is -0.135. The van der Waals surface area contributed by atoms with Crippen LogP contribution < -0.4 is 5.32 Å². The van der Waals surface area contributed by atoms with E-state index in [2.05, 4.69) is 17.5 Å². The Labute approximate surface area is 82.1 Å². The number of aliphatic carboxylic acids is 1. The van der Waals surface area contributed by atoms with E-state index >= 15 is 0 Å². The lowest BCUT2D eigenvalue weighted by Gasteiger charge is -2.17. The number of fused-ring (bicyclic) bond motifs is 1. The lowest BCUT2D eigenvalue weighted by Crippen LogP contribution is -2.24. The van der Waals surface area contributed by atoms with Crippen LogP contribution in [0, 0.1) is 5.92 Å². The van der Waals surface area contributed by atoms with Crippen LogP contribution in [0.1, 0.15) is 0 Å². The molecule has 2 aliphatic rings. The SMILES string of the molecule is O=C(O)CNC1=CC=CC2C=CC=C12. The van der Waals surface area contributed by atoms with Crippen molar-refractivity contribution >= 4 is 5.97 Å². The van der Waals surface area contributed by atoms with Crippen LogP contribution in [0.4, 0.5) is 0 Å². The van der Waals surface area contributed by atoms with Gasteiger partial charge in [-0.3, -0.25) is 4.79 Å². The topological polar surface area (TPSA) is 49.3 Å². The van der Waals surface area contributed by atoms with Crippen LogP contribution in [0.5, 0.6) is 0 Å². The van der Waals surface area contributed by atoms with E-state index in [-0.39, 0.29) is 6.54 Å². The van der Waals surface area contributed by atoms with E-state index in [1.54, 1.807) is 0 Å². The predicted molar refractivity (Wildman–Crippen MR) is 53.6 cm³/mol. The molecule has 0 aliphatic heterocycles. The molecule has 0 spiro atoms. The van der Waals surface area contributed by atoms with Gasteiger partial charge in [-0.15, -0.1) is 0 Å². The number of hydrogen-bond acceptors (Lipinski definition) is 2. The number of carbonyl (C=O) groups is 1. The molecule has 3 heteroatoms. The van der Waals surface area contributed by atoms with Crippen LogP contribution in [0.2, 0.25) is 0 Å². The molecule has 0 heterocycles. The molecule has 1 unspecified atom stereocenters. The minimum atomic E-state index is -0.844. The molecule has 2 aliphatic carbocycles. The van der Waals surface area contributed by atoms with Crippen molar-refractivity contribution in [2.45, 2.75) is 0 Å². The Morgan fingerprint density at radius 1 is 1.36 bits per heavy atom. The van der Waals surface area contributed by atoms with Crippen LogP contribution in [-0.2, 0) is 4.79 Å². The van der Waals surface area contributed by atoms with Gasteiger partial charge in [0.2, 0.25) is 0 Å². The molecule has 1 atom stereocenters. The normalized spacial score (nSPS) is 22.7. The fraction of sp³-hybridized carbons (Fsp3) is 0.182.